The van der Waals surface area contributed by atoms with Crippen molar-refractivity contribution in [2.24, 2.45) is 0 Å². The van der Waals surface area contributed by atoms with E-state index in [0.717, 1.165) is 51.6 Å². The molecule has 0 saturated heterocycles. The van der Waals surface area contributed by atoms with Crippen molar-refractivity contribution in [3.05, 3.63) is 176 Å². The zero-order valence-corrected chi connectivity index (χ0v) is 25.4. The first-order valence-electron chi connectivity index (χ1n) is 15.1. The number of rotatable bonds is 2. The summed E-state index contributed by atoms with van der Waals surface area (Å²) >= 11 is 0. The molecule has 3 nitrogen and oxygen atoms in total. The van der Waals surface area contributed by atoms with E-state index in [4.69, 9.17) is 4.42 Å². The van der Waals surface area contributed by atoms with Gasteiger partial charge in [0.2, 0.25) is 9.84 Å². The highest BCUT2D eigenvalue weighted by molar-refractivity contribution is 7.96. The lowest BCUT2D eigenvalue weighted by Crippen LogP contribution is -2.14. The molecule has 0 fully saturated rings. The number of hydrogen-bond acceptors (Lipinski definition) is 3. The molecule has 1 aromatic heterocycles. The van der Waals surface area contributed by atoms with Gasteiger partial charge < -0.3 is 4.42 Å². The number of fused-ring (bicyclic) bond motifs is 10. The van der Waals surface area contributed by atoms with Crippen molar-refractivity contribution in [1.82, 2.24) is 0 Å². The molecule has 0 spiro atoms. The number of allylic oxidation sites excluding steroid dienone is 1. The molecule has 6 aromatic carbocycles. The Hall–Kier alpha value is -5.73. The fourth-order valence-corrected chi connectivity index (χ4v) is 9.60. The molecule has 48 heavy (non-hydrogen) atoms. The van der Waals surface area contributed by atoms with Gasteiger partial charge in [0.05, 0.1) is 9.80 Å². The fraction of sp³-hybridized carbons (Fsp3) is 0. The molecule has 8 heteroatoms. The van der Waals surface area contributed by atoms with E-state index in [0.29, 0.717) is 49.6 Å². The minimum atomic E-state index is -4.04. The highest BCUT2D eigenvalue weighted by Crippen LogP contribution is 2.50. The summed E-state index contributed by atoms with van der Waals surface area (Å²) in [7, 11) is -4.04. The molecule has 0 N–H and O–H groups in total. The molecule has 0 amide bonds. The fourth-order valence-electron chi connectivity index (χ4n) is 7.68. The Kier molecular flexibility index (Phi) is 5.25. The molecule has 3 aliphatic rings. The van der Waals surface area contributed by atoms with Gasteiger partial charge in [-0.2, -0.15) is 0 Å². The second kappa shape index (κ2) is 9.20. The molecule has 0 bridgehead atoms. The quantitative estimate of drug-likeness (QED) is 0.177. The molecule has 2 heterocycles. The van der Waals surface area contributed by atoms with E-state index < -0.39 is 33.1 Å². The summed E-state index contributed by atoms with van der Waals surface area (Å²) in [4.78, 5) is 0.140. The molecular formula is C40H18F4O3S. The summed E-state index contributed by atoms with van der Waals surface area (Å²) in [5.41, 5.74) is 4.94. The number of sulfone groups is 1. The normalized spacial score (nSPS) is 15.2. The summed E-state index contributed by atoms with van der Waals surface area (Å²) in [6.45, 7) is 0. The zero-order chi connectivity index (χ0) is 32.6. The summed E-state index contributed by atoms with van der Waals surface area (Å²) < 4.78 is 93.0. The minimum Gasteiger partial charge on any atom is -0.455 e. The van der Waals surface area contributed by atoms with Gasteiger partial charge in [0.1, 0.15) is 34.6 Å². The first-order chi connectivity index (χ1) is 23.2. The first kappa shape index (κ1) is 27.4. The third-order valence-electron chi connectivity index (χ3n) is 9.48. The van der Waals surface area contributed by atoms with Crippen LogP contribution < -0.4 is 10.4 Å². The number of para-hydroxylation sites is 1. The number of hydrogen-bond donors (Lipinski definition) is 0. The van der Waals surface area contributed by atoms with E-state index in [1.807, 2.05) is 48.5 Å². The molecule has 0 unspecified atom stereocenters. The summed E-state index contributed by atoms with van der Waals surface area (Å²) in [6, 6.07) is 28.1. The predicted octanol–water partition coefficient (Wildman–Crippen LogP) is 8.13. The van der Waals surface area contributed by atoms with Crippen molar-refractivity contribution in [3.63, 3.8) is 0 Å². The van der Waals surface area contributed by atoms with E-state index >= 15 is 0 Å². The van der Waals surface area contributed by atoms with E-state index in [1.54, 1.807) is 18.2 Å². The SMILES string of the molecule is O=S1(=O)C2=C(c3ccccc31)c1cc3cc4c(cc3cc1=C2c1cc(F)cc(F)c1)-c1c(oc2ccccc12)C=4c1cc(F)cc(F)c1. The van der Waals surface area contributed by atoms with Gasteiger partial charge in [-0.15, -0.1) is 0 Å². The molecule has 230 valence electrons. The lowest BCUT2D eigenvalue weighted by Gasteiger charge is -2.11. The van der Waals surface area contributed by atoms with E-state index in [2.05, 4.69) is 0 Å². The average Bonchev–Trinajstić information content (AvgIpc) is 3.73. The molecule has 0 saturated carbocycles. The molecule has 0 radical (unpaired) electrons. The van der Waals surface area contributed by atoms with Gasteiger partial charge in [0.15, 0.2) is 0 Å². The Bertz CT molecular complexity index is 2910. The van der Waals surface area contributed by atoms with Crippen LogP contribution in [-0.2, 0) is 9.84 Å². The standard InChI is InChI=1S/C40H18F4O3S/c41-23-9-21(10-24(42)17-23)35-29-13-19-16-32-30(14-20(19)15-31(29)37-27-5-1-3-7-33(27)47-39(35)37)36(22-11-25(43)18-26(44)12-22)40-38(32)28-6-2-4-8-34(28)48(40,45)46/h1-18H. The topological polar surface area (TPSA) is 47.3 Å². The molecule has 0 atom stereocenters. The highest BCUT2D eigenvalue weighted by atomic mass is 32.2. The molecular weight excluding hydrogens is 636 g/mol. The third-order valence-corrected chi connectivity index (χ3v) is 11.4. The average molecular weight is 655 g/mol. The smallest absolute Gasteiger partial charge is 0.208 e. The monoisotopic (exact) mass is 654 g/mol. The Morgan fingerprint density at radius 2 is 1.08 bits per heavy atom. The van der Waals surface area contributed by atoms with Crippen molar-refractivity contribution >= 4 is 48.3 Å². The van der Waals surface area contributed by atoms with Crippen LogP contribution in [-0.4, -0.2) is 8.42 Å². The number of furan rings is 1. The van der Waals surface area contributed by atoms with Gasteiger partial charge in [-0.25, -0.2) is 26.0 Å². The van der Waals surface area contributed by atoms with E-state index in [1.165, 1.54) is 18.2 Å². The van der Waals surface area contributed by atoms with Crippen molar-refractivity contribution in [2.75, 3.05) is 0 Å². The Morgan fingerprint density at radius 3 is 1.77 bits per heavy atom. The van der Waals surface area contributed by atoms with Crippen molar-refractivity contribution in [3.8, 4) is 11.1 Å². The first-order valence-corrected chi connectivity index (χ1v) is 16.6. The highest BCUT2D eigenvalue weighted by Gasteiger charge is 2.42. The van der Waals surface area contributed by atoms with E-state index in [-0.39, 0.29) is 20.9 Å². The van der Waals surface area contributed by atoms with Gasteiger partial charge in [-0.1, -0.05) is 36.4 Å². The van der Waals surface area contributed by atoms with E-state index in [9.17, 15) is 26.0 Å². The third kappa shape index (κ3) is 3.55. The number of halogens is 4. The number of benzene rings is 6. The Balaban J connectivity index is 1.35. The van der Waals surface area contributed by atoms with Crippen LogP contribution in [0.2, 0.25) is 0 Å². The zero-order valence-electron chi connectivity index (χ0n) is 24.5. The summed E-state index contributed by atoms with van der Waals surface area (Å²) in [6.07, 6.45) is 0. The van der Waals surface area contributed by atoms with Gasteiger partial charge in [0.25, 0.3) is 0 Å². The molecule has 2 aliphatic carbocycles. The van der Waals surface area contributed by atoms with Crippen LogP contribution >= 0.6 is 0 Å². The molecule has 7 aromatic rings. The lowest BCUT2D eigenvalue weighted by molar-refractivity contribution is 0.580. The van der Waals surface area contributed by atoms with Crippen LogP contribution in [0, 0.1) is 23.3 Å². The van der Waals surface area contributed by atoms with Gasteiger partial charge in [0, 0.05) is 45.4 Å². The van der Waals surface area contributed by atoms with Crippen LogP contribution in [0.15, 0.2) is 123 Å². The van der Waals surface area contributed by atoms with Crippen molar-refractivity contribution in [2.45, 2.75) is 4.90 Å². The van der Waals surface area contributed by atoms with Crippen LogP contribution in [0.1, 0.15) is 28.0 Å². The lowest BCUT2D eigenvalue weighted by atomic mass is 9.94. The summed E-state index contributed by atoms with van der Waals surface area (Å²) in [5, 5.41) is 3.53. The molecule has 1 aliphatic heterocycles. The van der Waals surface area contributed by atoms with Crippen LogP contribution in [0.4, 0.5) is 17.6 Å². The van der Waals surface area contributed by atoms with Gasteiger partial charge >= 0.3 is 0 Å². The van der Waals surface area contributed by atoms with Crippen molar-refractivity contribution in [1.29, 1.82) is 0 Å². The van der Waals surface area contributed by atoms with Gasteiger partial charge in [-0.3, -0.25) is 0 Å². The van der Waals surface area contributed by atoms with Gasteiger partial charge in [-0.05, 0) is 104 Å². The summed E-state index contributed by atoms with van der Waals surface area (Å²) in [5.74, 6) is -2.60. The minimum absolute atomic E-state index is 0.0112. The second-order valence-corrected chi connectivity index (χ2v) is 14.1. The Labute approximate surface area is 269 Å². The molecule has 10 rings (SSSR count). The van der Waals surface area contributed by atoms with Crippen LogP contribution in [0.3, 0.4) is 0 Å². The largest absolute Gasteiger partial charge is 0.455 e. The Morgan fingerprint density at radius 1 is 0.521 bits per heavy atom. The second-order valence-electron chi connectivity index (χ2n) is 12.2. The predicted molar refractivity (Wildman–Crippen MR) is 175 cm³/mol. The maximum absolute atomic E-state index is 14.6. The maximum Gasteiger partial charge on any atom is 0.208 e. The van der Waals surface area contributed by atoms with Crippen LogP contribution in [0.5, 0.6) is 0 Å². The maximum atomic E-state index is 14.6. The van der Waals surface area contributed by atoms with Crippen molar-refractivity contribution < 1.29 is 30.4 Å². The van der Waals surface area contributed by atoms with Crippen LogP contribution in [0.25, 0.3) is 49.6 Å².